The minimum atomic E-state index is -1.21. The minimum absolute atomic E-state index is 0.0131. The third-order valence-electron chi connectivity index (χ3n) is 2.94. The van der Waals surface area contributed by atoms with Crippen molar-refractivity contribution >= 4 is 11.6 Å². The standard InChI is InChI=1S/C15H13ClF3N/c1-2-20-8-10-4-3-9(5-12(10)16)11-6-14(18)15(19)7-13(11)17/h3-7,20H,2,8H2,1H3. The molecule has 0 amide bonds. The van der Waals surface area contributed by atoms with Crippen LogP contribution in [0.15, 0.2) is 30.3 Å². The van der Waals surface area contributed by atoms with Gasteiger partial charge in [-0.1, -0.05) is 30.7 Å². The maximum Gasteiger partial charge on any atom is 0.161 e. The molecule has 1 nitrogen and oxygen atoms in total. The van der Waals surface area contributed by atoms with Crippen molar-refractivity contribution in [2.45, 2.75) is 13.5 Å². The summed E-state index contributed by atoms with van der Waals surface area (Å²) in [7, 11) is 0. The molecule has 0 unspecified atom stereocenters. The maximum atomic E-state index is 13.7. The predicted octanol–water partition coefficient (Wildman–Crippen LogP) is 4.53. The predicted molar refractivity (Wildman–Crippen MR) is 74.1 cm³/mol. The van der Waals surface area contributed by atoms with E-state index in [1.807, 2.05) is 6.92 Å². The Bertz CT molecular complexity index is 629. The summed E-state index contributed by atoms with van der Waals surface area (Å²) in [6.07, 6.45) is 0. The Labute approximate surface area is 120 Å². The highest BCUT2D eigenvalue weighted by molar-refractivity contribution is 6.31. The number of hydrogen-bond acceptors (Lipinski definition) is 1. The van der Waals surface area contributed by atoms with Crippen LogP contribution in [0.1, 0.15) is 12.5 Å². The zero-order valence-electron chi connectivity index (χ0n) is 10.8. The van der Waals surface area contributed by atoms with Gasteiger partial charge in [-0.25, -0.2) is 13.2 Å². The second-order valence-corrected chi connectivity index (χ2v) is 4.74. The molecule has 0 saturated carbocycles. The summed E-state index contributed by atoms with van der Waals surface area (Å²) >= 11 is 6.11. The van der Waals surface area contributed by atoms with Crippen LogP contribution in [0.25, 0.3) is 11.1 Å². The monoisotopic (exact) mass is 299 g/mol. The zero-order chi connectivity index (χ0) is 14.7. The highest BCUT2D eigenvalue weighted by Crippen LogP contribution is 2.29. The summed E-state index contributed by atoms with van der Waals surface area (Å²) < 4.78 is 39.8. The molecule has 5 heteroatoms. The van der Waals surface area contributed by atoms with Crippen LogP contribution in [0.5, 0.6) is 0 Å². The van der Waals surface area contributed by atoms with Gasteiger partial charge < -0.3 is 5.32 Å². The third-order valence-corrected chi connectivity index (χ3v) is 3.29. The average molecular weight is 300 g/mol. The van der Waals surface area contributed by atoms with Gasteiger partial charge in [0.15, 0.2) is 11.6 Å². The van der Waals surface area contributed by atoms with E-state index in [4.69, 9.17) is 11.6 Å². The fourth-order valence-corrected chi connectivity index (χ4v) is 2.11. The van der Waals surface area contributed by atoms with Crippen LogP contribution in [0.3, 0.4) is 0 Å². The van der Waals surface area contributed by atoms with E-state index in [0.717, 1.165) is 18.2 Å². The second-order valence-electron chi connectivity index (χ2n) is 4.33. The Morgan fingerprint density at radius 3 is 2.35 bits per heavy atom. The lowest BCUT2D eigenvalue weighted by atomic mass is 10.0. The largest absolute Gasteiger partial charge is 0.313 e. The molecule has 0 atom stereocenters. The second kappa shape index (κ2) is 6.29. The van der Waals surface area contributed by atoms with Gasteiger partial charge in [0.2, 0.25) is 0 Å². The van der Waals surface area contributed by atoms with E-state index >= 15 is 0 Å². The molecule has 0 fully saturated rings. The lowest BCUT2D eigenvalue weighted by Crippen LogP contribution is -2.11. The Kier molecular flexibility index (Phi) is 4.68. The van der Waals surface area contributed by atoms with Gasteiger partial charge in [0.1, 0.15) is 5.82 Å². The minimum Gasteiger partial charge on any atom is -0.313 e. The third kappa shape index (κ3) is 3.14. The first-order chi connectivity index (χ1) is 9.52. The topological polar surface area (TPSA) is 12.0 Å². The van der Waals surface area contributed by atoms with Crippen LogP contribution < -0.4 is 5.32 Å². The van der Waals surface area contributed by atoms with Crippen LogP contribution in [0, 0.1) is 17.5 Å². The molecule has 1 N–H and O–H groups in total. The number of nitrogens with one attached hydrogen (secondary N) is 1. The summed E-state index contributed by atoms with van der Waals surface area (Å²) in [6.45, 7) is 3.37. The van der Waals surface area contributed by atoms with Crippen molar-refractivity contribution in [1.29, 1.82) is 0 Å². The maximum absolute atomic E-state index is 13.7. The zero-order valence-corrected chi connectivity index (χ0v) is 11.6. The SMILES string of the molecule is CCNCc1ccc(-c2cc(F)c(F)cc2F)cc1Cl. The molecule has 106 valence electrons. The summed E-state index contributed by atoms with van der Waals surface area (Å²) in [4.78, 5) is 0. The molecule has 0 saturated heterocycles. The van der Waals surface area contributed by atoms with Crippen molar-refractivity contribution in [2.75, 3.05) is 6.54 Å². The van der Waals surface area contributed by atoms with E-state index < -0.39 is 17.5 Å². The Morgan fingerprint density at radius 1 is 1.00 bits per heavy atom. The van der Waals surface area contributed by atoms with Crippen molar-refractivity contribution in [3.05, 3.63) is 58.4 Å². The lowest BCUT2D eigenvalue weighted by molar-refractivity contribution is 0.496. The molecule has 0 aliphatic heterocycles. The molecule has 2 aromatic rings. The molecule has 20 heavy (non-hydrogen) atoms. The normalized spacial score (nSPS) is 10.8. The van der Waals surface area contributed by atoms with Gasteiger partial charge in [-0.15, -0.1) is 0 Å². The molecule has 0 aliphatic carbocycles. The number of hydrogen-bond donors (Lipinski definition) is 1. The van der Waals surface area contributed by atoms with Gasteiger partial charge in [-0.3, -0.25) is 0 Å². The van der Waals surface area contributed by atoms with Crippen molar-refractivity contribution in [2.24, 2.45) is 0 Å². The van der Waals surface area contributed by atoms with E-state index in [9.17, 15) is 13.2 Å². The molecule has 0 aliphatic rings. The van der Waals surface area contributed by atoms with Crippen molar-refractivity contribution in [1.82, 2.24) is 5.32 Å². The van der Waals surface area contributed by atoms with Crippen molar-refractivity contribution in [3.63, 3.8) is 0 Å². The van der Waals surface area contributed by atoms with Gasteiger partial charge in [0, 0.05) is 23.2 Å². The molecule has 0 heterocycles. The summed E-state index contributed by atoms with van der Waals surface area (Å²) in [5.41, 5.74) is 1.26. The lowest BCUT2D eigenvalue weighted by Gasteiger charge is -2.09. The highest BCUT2D eigenvalue weighted by Gasteiger charge is 2.12. The Hall–Kier alpha value is -1.52. The van der Waals surface area contributed by atoms with E-state index in [0.29, 0.717) is 23.2 Å². The molecular weight excluding hydrogens is 287 g/mol. The van der Waals surface area contributed by atoms with Crippen LogP contribution in [-0.2, 0) is 6.54 Å². The van der Waals surface area contributed by atoms with Gasteiger partial charge in [0.05, 0.1) is 0 Å². The Morgan fingerprint density at radius 2 is 1.70 bits per heavy atom. The molecule has 0 bridgehead atoms. The number of halogens is 4. The van der Waals surface area contributed by atoms with Crippen molar-refractivity contribution < 1.29 is 13.2 Å². The van der Waals surface area contributed by atoms with Crippen LogP contribution in [0.4, 0.5) is 13.2 Å². The van der Waals surface area contributed by atoms with E-state index in [1.165, 1.54) is 0 Å². The number of rotatable bonds is 4. The van der Waals surface area contributed by atoms with Crippen LogP contribution in [-0.4, -0.2) is 6.54 Å². The first-order valence-corrected chi connectivity index (χ1v) is 6.54. The van der Waals surface area contributed by atoms with Gasteiger partial charge in [0.25, 0.3) is 0 Å². The fraction of sp³-hybridized carbons (Fsp3) is 0.200. The van der Waals surface area contributed by atoms with Crippen LogP contribution >= 0.6 is 11.6 Å². The van der Waals surface area contributed by atoms with Gasteiger partial charge >= 0.3 is 0 Å². The van der Waals surface area contributed by atoms with Gasteiger partial charge in [-0.2, -0.15) is 0 Å². The molecule has 0 spiro atoms. The fourth-order valence-electron chi connectivity index (χ4n) is 1.86. The Balaban J connectivity index is 2.39. The van der Waals surface area contributed by atoms with E-state index in [1.54, 1.807) is 18.2 Å². The number of benzene rings is 2. The molecule has 0 aromatic heterocycles. The quantitative estimate of drug-likeness (QED) is 0.818. The molecule has 0 radical (unpaired) electrons. The average Bonchev–Trinajstić information content (AvgIpc) is 2.41. The summed E-state index contributed by atoms with van der Waals surface area (Å²) in [6, 6.07) is 6.28. The van der Waals surface area contributed by atoms with Crippen molar-refractivity contribution in [3.8, 4) is 11.1 Å². The molecule has 2 aromatic carbocycles. The smallest absolute Gasteiger partial charge is 0.161 e. The first-order valence-electron chi connectivity index (χ1n) is 6.17. The highest BCUT2D eigenvalue weighted by atomic mass is 35.5. The van der Waals surface area contributed by atoms with E-state index in [2.05, 4.69) is 5.32 Å². The van der Waals surface area contributed by atoms with E-state index in [-0.39, 0.29) is 5.56 Å². The van der Waals surface area contributed by atoms with Crippen LogP contribution in [0.2, 0.25) is 5.02 Å². The first kappa shape index (κ1) is 14.9. The molecular formula is C15H13ClF3N. The summed E-state index contributed by atoms with van der Waals surface area (Å²) in [5.74, 6) is -3.12. The molecule has 2 rings (SSSR count). The van der Waals surface area contributed by atoms with Gasteiger partial charge in [-0.05, 0) is 29.8 Å². The summed E-state index contributed by atoms with van der Waals surface area (Å²) in [5, 5.41) is 3.58.